The lowest BCUT2D eigenvalue weighted by molar-refractivity contribution is 0.161. The van der Waals surface area contributed by atoms with Gasteiger partial charge in [-0.2, -0.15) is 0 Å². The summed E-state index contributed by atoms with van der Waals surface area (Å²) in [4.78, 5) is 7.30. The minimum atomic E-state index is -0.346. The molecule has 5 nitrogen and oxygen atoms in total. The van der Waals surface area contributed by atoms with Crippen molar-refractivity contribution in [1.82, 2.24) is 15.5 Å². The summed E-state index contributed by atoms with van der Waals surface area (Å²) in [6.07, 6.45) is 3.77. The molecule has 2 N–H and O–H groups in total. The Labute approximate surface area is 180 Å². The normalized spacial score (nSPS) is 19.1. The quantitative estimate of drug-likeness (QED) is 0.344. The average Bonchev–Trinajstić information content (AvgIpc) is 2.66. The molecule has 1 aliphatic rings. The van der Waals surface area contributed by atoms with Crippen molar-refractivity contribution in [3.63, 3.8) is 0 Å². The second-order valence-corrected chi connectivity index (χ2v) is 6.76. The molecule has 1 heterocycles. The Morgan fingerprint density at radius 1 is 1.37 bits per heavy atom. The number of piperidine rings is 1. The molecule has 0 aliphatic carbocycles. The van der Waals surface area contributed by atoms with Gasteiger partial charge in [-0.1, -0.05) is 19.4 Å². The summed E-state index contributed by atoms with van der Waals surface area (Å²) >= 11 is 0. The first kappa shape index (κ1) is 23.9. The highest BCUT2D eigenvalue weighted by molar-refractivity contribution is 14.0. The van der Waals surface area contributed by atoms with Crippen molar-refractivity contribution in [3.8, 4) is 5.75 Å². The first-order valence-electron chi connectivity index (χ1n) is 9.71. The zero-order valence-electron chi connectivity index (χ0n) is 16.9. The van der Waals surface area contributed by atoms with E-state index in [0.717, 1.165) is 31.2 Å². The molecule has 0 aromatic heterocycles. The molecular formula is C20H34FIN4O. The molecule has 154 valence electrons. The van der Waals surface area contributed by atoms with E-state index in [9.17, 15) is 4.39 Å². The number of likely N-dealkylation sites (tertiary alicyclic amines) is 1. The predicted octanol–water partition coefficient (Wildman–Crippen LogP) is 3.94. The van der Waals surface area contributed by atoms with E-state index in [1.807, 2.05) is 19.9 Å². The number of guanidine groups is 1. The zero-order valence-corrected chi connectivity index (χ0v) is 19.3. The fourth-order valence-corrected chi connectivity index (χ4v) is 3.44. The number of hydrogen-bond acceptors (Lipinski definition) is 3. The van der Waals surface area contributed by atoms with Gasteiger partial charge in [0.25, 0.3) is 0 Å². The highest BCUT2D eigenvalue weighted by atomic mass is 127. The Morgan fingerprint density at radius 2 is 2.15 bits per heavy atom. The minimum absolute atomic E-state index is 0. The van der Waals surface area contributed by atoms with Gasteiger partial charge in [-0.3, -0.25) is 9.89 Å². The van der Waals surface area contributed by atoms with Crippen molar-refractivity contribution in [3.05, 3.63) is 29.6 Å². The molecule has 0 spiro atoms. The third kappa shape index (κ3) is 7.10. The number of nitrogens with zero attached hydrogens (tertiary/aromatic N) is 2. The number of nitrogens with one attached hydrogen (secondary N) is 2. The van der Waals surface area contributed by atoms with Crippen molar-refractivity contribution >= 4 is 29.9 Å². The molecule has 7 heteroatoms. The van der Waals surface area contributed by atoms with Gasteiger partial charge in [-0.05, 0) is 57.5 Å². The van der Waals surface area contributed by atoms with E-state index in [-0.39, 0.29) is 41.6 Å². The van der Waals surface area contributed by atoms with Gasteiger partial charge in [0.1, 0.15) is 0 Å². The number of halogens is 2. The van der Waals surface area contributed by atoms with Gasteiger partial charge in [0.05, 0.1) is 19.7 Å². The van der Waals surface area contributed by atoms with Crippen LogP contribution in [0.25, 0.3) is 0 Å². The monoisotopic (exact) mass is 492 g/mol. The Kier molecular flexibility index (Phi) is 11.0. The summed E-state index contributed by atoms with van der Waals surface area (Å²) in [6, 6.07) is 5.51. The Hall–Kier alpha value is -1.09. The Balaban J connectivity index is 0.00000364. The van der Waals surface area contributed by atoms with Crippen LogP contribution in [-0.2, 0) is 0 Å². The van der Waals surface area contributed by atoms with Gasteiger partial charge in [0, 0.05) is 12.6 Å². The summed E-state index contributed by atoms with van der Waals surface area (Å²) < 4.78 is 19.0. The molecular weight excluding hydrogens is 458 g/mol. The van der Waals surface area contributed by atoms with Gasteiger partial charge < -0.3 is 15.4 Å². The second kappa shape index (κ2) is 12.4. The van der Waals surface area contributed by atoms with Crippen LogP contribution in [0.4, 0.5) is 4.39 Å². The van der Waals surface area contributed by atoms with E-state index < -0.39 is 0 Å². The first-order valence-corrected chi connectivity index (χ1v) is 9.71. The Bertz CT molecular complexity index is 599. The molecule has 1 aliphatic heterocycles. The van der Waals surface area contributed by atoms with Crippen LogP contribution in [0.15, 0.2) is 23.2 Å². The van der Waals surface area contributed by atoms with Crippen LogP contribution in [-0.4, -0.2) is 50.2 Å². The topological polar surface area (TPSA) is 48.9 Å². The number of methoxy groups -OCH3 is 1. The summed E-state index contributed by atoms with van der Waals surface area (Å²) in [5.74, 6) is 0.692. The molecule has 2 unspecified atom stereocenters. The van der Waals surface area contributed by atoms with Crippen molar-refractivity contribution < 1.29 is 9.13 Å². The summed E-state index contributed by atoms with van der Waals surface area (Å²) in [5.41, 5.74) is 0.863. The Morgan fingerprint density at radius 3 is 2.78 bits per heavy atom. The van der Waals surface area contributed by atoms with Crippen molar-refractivity contribution in [2.45, 2.75) is 52.1 Å². The molecule has 0 radical (unpaired) electrons. The average molecular weight is 492 g/mol. The SMILES string of the molecule is CCNC(=NCC1CCCCN1CC)NC(C)c1ccc(OC)c(F)c1.I. The number of benzene rings is 1. The summed E-state index contributed by atoms with van der Waals surface area (Å²) in [5, 5.41) is 6.68. The molecule has 2 rings (SSSR count). The number of likely N-dealkylation sites (N-methyl/N-ethyl adjacent to an activating group) is 1. The number of hydrogen-bond donors (Lipinski definition) is 2. The number of rotatable bonds is 7. The van der Waals surface area contributed by atoms with Crippen LogP contribution < -0.4 is 15.4 Å². The molecule has 1 aromatic carbocycles. The third-order valence-electron chi connectivity index (χ3n) is 4.99. The van der Waals surface area contributed by atoms with E-state index in [2.05, 4.69) is 22.5 Å². The van der Waals surface area contributed by atoms with Crippen molar-refractivity contribution in [2.24, 2.45) is 4.99 Å². The van der Waals surface area contributed by atoms with Crippen LogP contribution in [0.3, 0.4) is 0 Å². The van der Waals surface area contributed by atoms with E-state index in [0.29, 0.717) is 6.04 Å². The maximum Gasteiger partial charge on any atom is 0.191 e. The second-order valence-electron chi connectivity index (χ2n) is 6.76. The molecule has 0 amide bonds. The smallest absolute Gasteiger partial charge is 0.191 e. The summed E-state index contributed by atoms with van der Waals surface area (Å²) in [6.45, 7) is 10.1. The number of ether oxygens (including phenoxy) is 1. The van der Waals surface area contributed by atoms with Crippen LogP contribution in [0.1, 0.15) is 51.6 Å². The van der Waals surface area contributed by atoms with Crippen molar-refractivity contribution in [2.75, 3.05) is 33.3 Å². The fraction of sp³-hybridized carbons (Fsp3) is 0.650. The first-order chi connectivity index (χ1) is 12.6. The van der Waals surface area contributed by atoms with Gasteiger partial charge in [-0.25, -0.2) is 4.39 Å². The van der Waals surface area contributed by atoms with Crippen LogP contribution >= 0.6 is 24.0 Å². The molecule has 27 heavy (non-hydrogen) atoms. The van der Waals surface area contributed by atoms with Gasteiger partial charge >= 0.3 is 0 Å². The lowest BCUT2D eigenvalue weighted by atomic mass is 10.0. The molecule has 1 saturated heterocycles. The highest BCUT2D eigenvalue weighted by Crippen LogP contribution is 2.22. The summed E-state index contributed by atoms with van der Waals surface area (Å²) in [7, 11) is 1.47. The molecule has 0 bridgehead atoms. The fourth-order valence-electron chi connectivity index (χ4n) is 3.44. The lowest BCUT2D eigenvalue weighted by Crippen LogP contribution is -2.43. The van der Waals surface area contributed by atoms with Gasteiger partial charge in [-0.15, -0.1) is 24.0 Å². The highest BCUT2D eigenvalue weighted by Gasteiger charge is 2.20. The van der Waals surface area contributed by atoms with Crippen LogP contribution in [0.2, 0.25) is 0 Å². The largest absolute Gasteiger partial charge is 0.494 e. The maximum atomic E-state index is 14.0. The van der Waals surface area contributed by atoms with Gasteiger partial charge in [0.2, 0.25) is 0 Å². The predicted molar refractivity (Wildman–Crippen MR) is 121 cm³/mol. The van der Waals surface area contributed by atoms with E-state index >= 15 is 0 Å². The van der Waals surface area contributed by atoms with Crippen LogP contribution in [0.5, 0.6) is 5.75 Å². The molecule has 2 atom stereocenters. The van der Waals surface area contributed by atoms with E-state index in [1.165, 1.54) is 39.0 Å². The van der Waals surface area contributed by atoms with E-state index in [1.54, 1.807) is 6.07 Å². The molecule has 1 aromatic rings. The molecule has 0 saturated carbocycles. The molecule has 1 fully saturated rings. The van der Waals surface area contributed by atoms with E-state index in [4.69, 9.17) is 9.73 Å². The standard InChI is InChI=1S/C20H33FN4O.HI/c1-5-22-20(23-14-17-9-7-8-12-25(17)6-2)24-15(3)16-10-11-19(26-4)18(21)13-16;/h10-11,13,15,17H,5-9,12,14H2,1-4H3,(H2,22,23,24);1H. The zero-order chi connectivity index (χ0) is 18.9. The van der Waals surface area contributed by atoms with Crippen LogP contribution in [0, 0.1) is 5.82 Å². The third-order valence-corrected chi connectivity index (χ3v) is 4.99. The minimum Gasteiger partial charge on any atom is -0.494 e. The maximum absolute atomic E-state index is 14.0. The van der Waals surface area contributed by atoms with Crippen molar-refractivity contribution in [1.29, 1.82) is 0 Å². The van der Waals surface area contributed by atoms with Gasteiger partial charge in [0.15, 0.2) is 17.5 Å². The lowest BCUT2D eigenvalue weighted by Gasteiger charge is -2.34. The number of aliphatic imine (C=N–C) groups is 1.